The fourth-order valence-corrected chi connectivity index (χ4v) is 5.86. The number of carbonyl (C=O) groups excluding carboxylic acids is 2. The molecule has 0 heterocycles. The molecule has 2 amide bonds. The highest BCUT2D eigenvalue weighted by Crippen LogP contribution is 2.26. The molecule has 0 aliphatic rings. The minimum atomic E-state index is -4.11. The Bertz CT molecular complexity index is 1450. The van der Waals surface area contributed by atoms with Gasteiger partial charge in [-0.25, -0.2) is 8.42 Å². The number of benzene rings is 3. The highest BCUT2D eigenvalue weighted by Gasteiger charge is 2.34. The molecule has 0 spiro atoms. The third-order valence-electron chi connectivity index (χ3n) is 6.57. The van der Waals surface area contributed by atoms with Crippen LogP contribution in [-0.4, -0.2) is 50.4 Å². The van der Waals surface area contributed by atoms with Gasteiger partial charge >= 0.3 is 0 Å². The van der Waals surface area contributed by atoms with Crippen molar-refractivity contribution in [2.45, 2.75) is 71.0 Å². The van der Waals surface area contributed by atoms with E-state index in [0.717, 1.165) is 21.0 Å². The van der Waals surface area contributed by atoms with Crippen LogP contribution in [0.15, 0.2) is 77.7 Å². The first kappa shape index (κ1) is 31.7. The van der Waals surface area contributed by atoms with E-state index < -0.39 is 34.1 Å². The van der Waals surface area contributed by atoms with Crippen molar-refractivity contribution in [3.05, 3.63) is 89.5 Å². The van der Waals surface area contributed by atoms with E-state index in [0.29, 0.717) is 17.9 Å². The number of carbonyl (C=O) groups is 2. The Morgan fingerprint density at radius 1 is 0.927 bits per heavy atom. The number of sulfonamides is 1. The molecular weight excluding hydrogens is 538 g/mol. The Morgan fingerprint density at radius 3 is 2.10 bits per heavy atom. The second kappa shape index (κ2) is 13.2. The first-order chi connectivity index (χ1) is 19.2. The summed E-state index contributed by atoms with van der Waals surface area (Å²) in [6.07, 6.45) is 0.346. The maximum atomic E-state index is 14.2. The van der Waals surface area contributed by atoms with E-state index in [1.165, 1.54) is 4.90 Å². The van der Waals surface area contributed by atoms with E-state index in [4.69, 9.17) is 4.74 Å². The maximum Gasteiger partial charge on any atom is 0.264 e. The van der Waals surface area contributed by atoms with Crippen LogP contribution in [0, 0.1) is 13.8 Å². The summed E-state index contributed by atoms with van der Waals surface area (Å²) in [5.74, 6) is -0.127. The van der Waals surface area contributed by atoms with Crippen LogP contribution < -0.4 is 14.4 Å². The largest absolute Gasteiger partial charge is 0.497 e. The van der Waals surface area contributed by atoms with Crippen molar-refractivity contribution in [1.82, 2.24) is 10.2 Å². The highest BCUT2D eigenvalue weighted by atomic mass is 32.2. The summed E-state index contributed by atoms with van der Waals surface area (Å²) in [6.45, 7) is 10.8. The summed E-state index contributed by atoms with van der Waals surface area (Å²) < 4.78 is 34.3. The van der Waals surface area contributed by atoms with Gasteiger partial charge in [-0.3, -0.25) is 13.9 Å². The van der Waals surface area contributed by atoms with Crippen molar-refractivity contribution >= 4 is 27.5 Å². The van der Waals surface area contributed by atoms with Crippen LogP contribution in [0.5, 0.6) is 5.75 Å². The Balaban J connectivity index is 2.07. The second-order valence-electron chi connectivity index (χ2n) is 11.2. The van der Waals surface area contributed by atoms with Crippen molar-refractivity contribution in [1.29, 1.82) is 0 Å². The monoisotopic (exact) mass is 579 g/mol. The summed E-state index contributed by atoms with van der Waals surface area (Å²) >= 11 is 0. The van der Waals surface area contributed by atoms with Crippen LogP contribution in [0.3, 0.4) is 0 Å². The van der Waals surface area contributed by atoms with Crippen molar-refractivity contribution in [2.75, 3.05) is 18.0 Å². The van der Waals surface area contributed by atoms with Gasteiger partial charge in [0.05, 0.1) is 17.7 Å². The lowest BCUT2D eigenvalue weighted by Gasteiger charge is -2.34. The molecule has 0 aromatic heterocycles. The maximum absolute atomic E-state index is 14.2. The Labute approximate surface area is 244 Å². The van der Waals surface area contributed by atoms with E-state index >= 15 is 0 Å². The summed E-state index contributed by atoms with van der Waals surface area (Å²) in [7, 11) is -2.54. The SMILES string of the molecule is CC[C@@H](C(=O)NC(C)(C)C)N(Cc1ccc(OC)cc1)C(=O)CN(c1cccc(C)c1)S(=O)(=O)c1ccc(C)cc1. The fourth-order valence-electron chi connectivity index (χ4n) is 4.45. The van der Waals surface area contributed by atoms with Crippen LogP contribution >= 0.6 is 0 Å². The summed E-state index contributed by atoms with van der Waals surface area (Å²) in [4.78, 5) is 29.1. The Kier molecular flexibility index (Phi) is 10.2. The number of nitrogens with zero attached hydrogens (tertiary/aromatic N) is 2. The van der Waals surface area contributed by atoms with Gasteiger partial charge in [0.25, 0.3) is 10.0 Å². The molecule has 0 unspecified atom stereocenters. The number of anilines is 1. The predicted molar refractivity (Wildman–Crippen MR) is 162 cm³/mol. The van der Waals surface area contributed by atoms with Gasteiger partial charge in [0, 0.05) is 12.1 Å². The summed E-state index contributed by atoms with van der Waals surface area (Å²) in [6, 6.07) is 20.0. The van der Waals surface area contributed by atoms with Crippen LogP contribution in [0.25, 0.3) is 0 Å². The van der Waals surface area contributed by atoms with Gasteiger partial charge in [-0.05, 0) is 88.6 Å². The number of hydrogen-bond donors (Lipinski definition) is 1. The number of rotatable bonds is 11. The number of nitrogens with one attached hydrogen (secondary N) is 1. The zero-order chi connectivity index (χ0) is 30.4. The first-order valence-electron chi connectivity index (χ1n) is 13.7. The highest BCUT2D eigenvalue weighted by molar-refractivity contribution is 7.92. The zero-order valence-corrected chi connectivity index (χ0v) is 25.8. The molecule has 0 aliphatic carbocycles. The fraction of sp³-hybridized carbons (Fsp3) is 0.375. The average molecular weight is 580 g/mol. The smallest absolute Gasteiger partial charge is 0.264 e. The van der Waals surface area contributed by atoms with Gasteiger partial charge < -0.3 is 15.0 Å². The normalized spacial score (nSPS) is 12.4. The molecule has 1 atom stereocenters. The molecule has 3 aromatic carbocycles. The van der Waals surface area contributed by atoms with Crippen LogP contribution in [0.4, 0.5) is 5.69 Å². The number of ether oxygens (including phenoxy) is 1. The lowest BCUT2D eigenvalue weighted by atomic mass is 10.1. The zero-order valence-electron chi connectivity index (χ0n) is 25.0. The molecule has 0 fully saturated rings. The number of amides is 2. The molecule has 220 valence electrons. The molecular formula is C32H41N3O5S. The van der Waals surface area contributed by atoms with Crippen LogP contribution in [0.2, 0.25) is 0 Å². The average Bonchev–Trinajstić information content (AvgIpc) is 2.91. The minimum Gasteiger partial charge on any atom is -0.497 e. The molecule has 0 saturated heterocycles. The minimum absolute atomic E-state index is 0.0802. The Morgan fingerprint density at radius 2 is 1.56 bits per heavy atom. The van der Waals surface area contributed by atoms with Gasteiger partial charge in [0.15, 0.2) is 0 Å². The van der Waals surface area contributed by atoms with Crippen molar-refractivity contribution in [3.8, 4) is 5.75 Å². The molecule has 0 bridgehead atoms. The van der Waals surface area contributed by atoms with Crippen molar-refractivity contribution in [3.63, 3.8) is 0 Å². The lowest BCUT2D eigenvalue weighted by molar-refractivity contribution is -0.141. The third-order valence-corrected chi connectivity index (χ3v) is 8.36. The third kappa shape index (κ3) is 8.33. The van der Waals surface area contributed by atoms with E-state index in [9.17, 15) is 18.0 Å². The van der Waals surface area contributed by atoms with Gasteiger partial charge in [-0.15, -0.1) is 0 Å². The molecule has 9 heteroatoms. The van der Waals surface area contributed by atoms with Gasteiger partial charge in [0.1, 0.15) is 18.3 Å². The number of methoxy groups -OCH3 is 1. The lowest BCUT2D eigenvalue weighted by Crippen LogP contribution is -2.55. The summed E-state index contributed by atoms with van der Waals surface area (Å²) in [5.41, 5.74) is 2.41. The first-order valence-corrected chi connectivity index (χ1v) is 15.1. The van der Waals surface area contributed by atoms with Gasteiger partial charge in [-0.1, -0.05) is 48.9 Å². The predicted octanol–water partition coefficient (Wildman–Crippen LogP) is 5.23. The van der Waals surface area contributed by atoms with E-state index in [-0.39, 0.29) is 17.3 Å². The van der Waals surface area contributed by atoms with Crippen LogP contribution in [-0.2, 0) is 26.2 Å². The molecule has 0 saturated carbocycles. The molecule has 41 heavy (non-hydrogen) atoms. The molecule has 0 radical (unpaired) electrons. The van der Waals surface area contributed by atoms with Crippen molar-refractivity contribution in [2.24, 2.45) is 0 Å². The molecule has 8 nitrogen and oxygen atoms in total. The Hall–Kier alpha value is -3.85. The van der Waals surface area contributed by atoms with E-state index in [1.807, 2.05) is 59.7 Å². The van der Waals surface area contributed by atoms with E-state index in [1.54, 1.807) is 61.7 Å². The summed E-state index contributed by atoms with van der Waals surface area (Å²) in [5, 5.41) is 2.98. The van der Waals surface area contributed by atoms with Crippen LogP contribution in [0.1, 0.15) is 50.8 Å². The molecule has 0 aliphatic heterocycles. The molecule has 3 rings (SSSR count). The molecule has 3 aromatic rings. The van der Waals surface area contributed by atoms with Gasteiger partial charge in [0.2, 0.25) is 11.8 Å². The number of aryl methyl sites for hydroxylation is 2. The second-order valence-corrected chi connectivity index (χ2v) is 13.1. The van der Waals surface area contributed by atoms with Crippen molar-refractivity contribution < 1.29 is 22.7 Å². The molecule has 1 N–H and O–H groups in total. The van der Waals surface area contributed by atoms with E-state index in [2.05, 4.69) is 5.32 Å². The van der Waals surface area contributed by atoms with Gasteiger partial charge in [-0.2, -0.15) is 0 Å². The topological polar surface area (TPSA) is 96.0 Å². The number of hydrogen-bond acceptors (Lipinski definition) is 5. The standard InChI is InChI=1S/C32H41N3O5S/c1-8-29(31(37)33-32(4,5)6)34(21-25-14-16-27(40-7)17-15-25)30(36)22-35(26-11-9-10-24(3)20-26)41(38,39)28-18-12-23(2)13-19-28/h9-20,29H,8,21-22H2,1-7H3,(H,33,37)/t29-/m0/s1. The quantitative estimate of drug-likeness (QED) is 0.336.